The highest BCUT2D eigenvalue weighted by atomic mass is 19.4. The standard InChI is InChI=1S/C8H9F5O2/c9-7(10,8(11,12)13)4-1-2-5(14)6(15)3-4/h4,6,15H,1-3H2. The molecule has 2 atom stereocenters. The van der Waals surface area contributed by atoms with Gasteiger partial charge in [0.25, 0.3) is 0 Å². The molecule has 0 aromatic heterocycles. The average molecular weight is 232 g/mol. The molecule has 1 aliphatic rings. The van der Waals surface area contributed by atoms with Crippen LogP contribution in [0.15, 0.2) is 0 Å². The Balaban J connectivity index is 2.77. The quantitative estimate of drug-likeness (QED) is 0.701. The molecule has 0 spiro atoms. The zero-order valence-corrected chi connectivity index (χ0v) is 7.52. The lowest BCUT2D eigenvalue weighted by Crippen LogP contribution is -2.47. The first-order valence-corrected chi connectivity index (χ1v) is 4.31. The van der Waals surface area contributed by atoms with E-state index in [0.717, 1.165) is 0 Å². The average Bonchev–Trinajstić information content (AvgIpc) is 2.07. The lowest BCUT2D eigenvalue weighted by molar-refractivity contribution is -0.306. The summed E-state index contributed by atoms with van der Waals surface area (Å²) in [7, 11) is 0. The molecule has 0 heterocycles. The van der Waals surface area contributed by atoms with Gasteiger partial charge in [0.2, 0.25) is 0 Å². The third-order valence-corrected chi connectivity index (χ3v) is 2.51. The van der Waals surface area contributed by atoms with Gasteiger partial charge in [0, 0.05) is 12.3 Å². The van der Waals surface area contributed by atoms with Gasteiger partial charge in [-0.05, 0) is 12.8 Å². The van der Waals surface area contributed by atoms with Gasteiger partial charge < -0.3 is 5.11 Å². The zero-order valence-electron chi connectivity index (χ0n) is 7.52. The molecule has 0 aliphatic heterocycles. The van der Waals surface area contributed by atoms with Crippen molar-refractivity contribution in [2.45, 2.75) is 37.5 Å². The minimum atomic E-state index is -5.63. The Bertz CT molecular complexity index is 260. The Morgan fingerprint density at radius 1 is 1.20 bits per heavy atom. The maximum absolute atomic E-state index is 12.8. The third-order valence-electron chi connectivity index (χ3n) is 2.51. The first-order chi connectivity index (χ1) is 6.66. The lowest BCUT2D eigenvalue weighted by atomic mass is 9.82. The summed E-state index contributed by atoms with van der Waals surface area (Å²) < 4.78 is 61.3. The van der Waals surface area contributed by atoms with E-state index in [4.69, 9.17) is 5.11 Å². The van der Waals surface area contributed by atoms with Gasteiger partial charge in [-0.3, -0.25) is 4.79 Å². The molecule has 15 heavy (non-hydrogen) atoms. The fraction of sp³-hybridized carbons (Fsp3) is 0.875. The SMILES string of the molecule is O=C1CCC(C(F)(F)C(F)(F)F)CC1O. The van der Waals surface area contributed by atoms with Crippen molar-refractivity contribution in [1.82, 2.24) is 0 Å². The van der Waals surface area contributed by atoms with Gasteiger partial charge in [-0.1, -0.05) is 0 Å². The van der Waals surface area contributed by atoms with E-state index in [-0.39, 0.29) is 0 Å². The Kier molecular flexibility index (Phi) is 3.04. The van der Waals surface area contributed by atoms with Gasteiger partial charge in [-0.2, -0.15) is 22.0 Å². The number of carbonyl (C=O) groups excluding carboxylic acids is 1. The summed E-state index contributed by atoms with van der Waals surface area (Å²) in [4.78, 5) is 10.7. The number of aliphatic hydroxyl groups excluding tert-OH is 1. The smallest absolute Gasteiger partial charge is 0.385 e. The van der Waals surface area contributed by atoms with Gasteiger partial charge in [0.05, 0.1) is 0 Å². The monoisotopic (exact) mass is 232 g/mol. The molecule has 7 heteroatoms. The molecule has 2 unspecified atom stereocenters. The molecule has 0 radical (unpaired) electrons. The van der Waals surface area contributed by atoms with E-state index in [0.29, 0.717) is 0 Å². The summed E-state index contributed by atoms with van der Waals surface area (Å²) in [6.07, 6.45) is -9.12. The molecule has 1 N–H and O–H groups in total. The molecular formula is C8H9F5O2. The highest BCUT2D eigenvalue weighted by Gasteiger charge is 2.62. The lowest BCUT2D eigenvalue weighted by Gasteiger charge is -2.32. The van der Waals surface area contributed by atoms with Gasteiger partial charge in [-0.25, -0.2) is 0 Å². The molecular weight excluding hydrogens is 223 g/mol. The fourth-order valence-corrected chi connectivity index (χ4v) is 1.56. The maximum atomic E-state index is 12.8. The molecule has 1 rings (SSSR count). The Morgan fingerprint density at radius 3 is 2.13 bits per heavy atom. The number of Topliss-reactive ketones (excluding diaryl/α,β-unsaturated/α-hetero) is 1. The molecule has 0 aromatic rings. The number of alkyl halides is 5. The summed E-state index contributed by atoms with van der Waals surface area (Å²) >= 11 is 0. The van der Waals surface area contributed by atoms with E-state index in [9.17, 15) is 26.7 Å². The largest absolute Gasteiger partial charge is 0.453 e. The number of aliphatic hydroxyl groups is 1. The van der Waals surface area contributed by atoms with Gasteiger partial charge >= 0.3 is 12.1 Å². The summed E-state index contributed by atoms with van der Waals surface area (Å²) in [6, 6.07) is 0. The van der Waals surface area contributed by atoms with Crippen molar-refractivity contribution < 1.29 is 31.9 Å². The minimum Gasteiger partial charge on any atom is -0.385 e. The second-order valence-corrected chi connectivity index (χ2v) is 3.57. The van der Waals surface area contributed by atoms with E-state index in [1.165, 1.54) is 0 Å². The van der Waals surface area contributed by atoms with Crippen LogP contribution in [0, 0.1) is 5.92 Å². The van der Waals surface area contributed by atoms with Crippen molar-refractivity contribution in [3.63, 3.8) is 0 Å². The van der Waals surface area contributed by atoms with Crippen LogP contribution in [0.3, 0.4) is 0 Å². The highest BCUT2D eigenvalue weighted by molar-refractivity contribution is 5.83. The van der Waals surface area contributed by atoms with Crippen molar-refractivity contribution in [3.05, 3.63) is 0 Å². The first-order valence-electron chi connectivity index (χ1n) is 4.31. The van der Waals surface area contributed by atoms with Crippen LogP contribution < -0.4 is 0 Å². The molecule has 1 saturated carbocycles. The molecule has 0 saturated heterocycles. The van der Waals surface area contributed by atoms with Gasteiger partial charge in [0.1, 0.15) is 6.10 Å². The number of carbonyl (C=O) groups is 1. The maximum Gasteiger partial charge on any atom is 0.453 e. The van der Waals surface area contributed by atoms with E-state index >= 15 is 0 Å². The van der Waals surface area contributed by atoms with Gasteiger partial charge in [-0.15, -0.1) is 0 Å². The second-order valence-electron chi connectivity index (χ2n) is 3.57. The molecule has 88 valence electrons. The molecule has 0 amide bonds. The topological polar surface area (TPSA) is 37.3 Å². The zero-order chi connectivity index (χ0) is 11.9. The van der Waals surface area contributed by atoms with E-state index in [1.807, 2.05) is 0 Å². The predicted molar refractivity (Wildman–Crippen MR) is 39.4 cm³/mol. The summed E-state index contributed by atoms with van der Waals surface area (Å²) in [6.45, 7) is 0. The molecule has 2 nitrogen and oxygen atoms in total. The number of halogens is 5. The second kappa shape index (κ2) is 3.70. The molecule has 1 aliphatic carbocycles. The van der Waals surface area contributed by atoms with Crippen LogP contribution in [-0.4, -0.2) is 29.1 Å². The Hall–Kier alpha value is -0.720. The van der Waals surface area contributed by atoms with Crippen LogP contribution in [0.5, 0.6) is 0 Å². The fourth-order valence-electron chi connectivity index (χ4n) is 1.56. The number of rotatable bonds is 1. The van der Waals surface area contributed by atoms with Crippen molar-refractivity contribution in [1.29, 1.82) is 0 Å². The van der Waals surface area contributed by atoms with Crippen LogP contribution in [-0.2, 0) is 4.79 Å². The normalized spacial score (nSPS) is 29.3. The summed E-state index contributed by atoms with van der Waals surface area (Å²) in [5.41, 5.74) is 0. The van der Waals surface area contributed by atoms with Gasteiger partial charge in [0.15, 0.2) is 5.78 Å². The molecule has 0 aromatic carbocycles. The van der Waals surface area contributed by atoms with Crippen molar-refractivity contribution in [3.8, 4) is 0 Å². The first kappa shape index (κ1) is 12.4. The Morgan fingerprint density at radius 2 is 1.73 bits per heavy atom. The summed E-state index contributed by atoms with van der Waals surface area (Å²) in [5, 5.41) is 8.93. The van der Waals surface area contributed by atoms with Crippen LogP contribution in [0.2, 0.25) is 0 Å². The highest BCUT2D eigenvalue weighted by Crippen LogP contribution is 2.46. The van der Waals surface area contributed by atoms with Crippen LogP contribution in [0.25, 0.3) is 0 Å². The van der Waals surface area contributed by atoms with E-state index in [1.54, 1.807) is 0 Å². The summed E-state index contributed by atoms with van der Waals surface area (Å²) in [5.74, 6) is -7.52. The number of hydrogen-bond acceptors (Lipinski definition) is 2. The van der Waals surface area contributed by atoms with Crippen molar-refractivity contribution in [2.75, 3.05) is 0 Å². The number of ketones is 1. The van der Waals surface area contributed by atoms with Crippen LogP contribution >= 0.6 is 0 Å². The molecule has 0 bridgehead atoms. The van der Waals surface area contributed by atoms with Crippen LogP contribution in [0.1, 0.15) is 19.3 Å². The van der Waals surface area contributed by atoms with E-state index in [2.05, 4.69) is 0 Å². The predicted octanol–water partition coefficient (Wildman–Crippen LogP) is 1.91. The van der Waals surface area contributed by atoms with Crippen LogP contribution in [0.4, 0.5) is 22.0 Å². The third kappa shape index (κ3) is 2.27. The molecule has 1 fully saturated rings. The number of hydrogen-bond donors (Lipinski definition) is 1. The van der Waals surface area contributed by atoms with E-state index < -0.39 is 49.2 Å². The van der Waals surface area contributed by atoms with Crippen molar-refractivity contribution in [2.24, 2.45) is 5.92 Å². The Labute approximate surface area is 82.1 Å². The van der Waals surface area contributed by atoms with Crippen molar-refractivity contribution >= 4 is 5.78 Å². The minimum absolute atomic E-state index is 0.433.